The molecule has 0 aliphatic heterocycles. The molecule has 2 rings (SSSR count). The molecule has 196 valence electrons. The van der Waals surface area contributed by atoms with Crippen LogP contribution < -0.4 is 10.6 Å². The zero-order chi connectivity index (χ0) is 27.9. The van der Waals surface area contributed by atoms with Crippen LogP contribution in [0.15, 0.2) is 48.5 Å². The van der Waals surface area contributed by atoms with Gasteiger partial charge in [-0.25, -0.2) is 14.4 Å². The monoisotopic (exact) mass is 520 g/mol. The number of rotatable bonds is 13. The van der Waals surface area contributed by atoms with Crippen LogP contribution in [0, 0.1) is 22.7 Å². The lowest BCUT2D eigenvalue weighted by Crippen LogP contribution is -2.42. The van der Waals surface area contributed by atoms with E-state index in [0.29, 0.717) is 24.0 Å². The molecular weight excluding hydrogens is 496 g/mol. The molecule has 0 bridgehead atoms. The molecule has 38 heavy (non-hydrogen) atoms. The van der Waals surface area contributed by atoms with Gasteiger partial charge in [0.25, 0.3) is 11.8 Å². The summed E-state index contributed by atoms with van der Waals surface area (Å²) < 4.78 is 9.77. The zero-order valence-corrected chi connectivity index (χ0v) is 20.1. The first-order valence-corrected chi connectivity index (χ1v) is 11.4. The lowest BCUT2D eigenvalue weighted by Gasteiger charge is -2.14. The van der Waals surface area contributed by atoms with Gasteiger partial charge in [-0.15, -0.1) is 0 Å². The van der Waals surface area contributed by atoms with Crippen LogP contribution in [0.25, 0.3) is 0 Å². The molecule has 0 aromatic heterocycles. The smallest absolute Gasteiger partial charge is 0.338 e. The van der Waals surface area contributed by atoms with Gasteiger partial charge in [-0.3, -0.25) is 9.59 Å². The van der Waals surface area contributed by atoms with Gasteiger partial charge in [0.2, 0.25) is 0 Å². The van der Waals surface area contributed by atoms with Crippen molar-refractivity contribution in [3.63, 3.8) is 0 Å². The molecule has 0 saturated carbocycles. The molecule has 1 unspecified atom stereocenters. The quantitative estimate of drug-likeness (QED) is 0.256. The highest BCUT2D eigenvalue weighted by atomic mass is 16.5. The third-order valence-corrected chi connectivity index (χ3v) is 5.04. The van der Waals surface area contributed by atoms with Gasteiger partial charge in [0.15, 0.2) is 13.2 Å². The number of hydrogen-bond acceptors (Lipinski definition) is 9. The van der Waals surface area contributed by atoms with E-state index >= 15 is 0 Å². The van der Waals surface area contributed by atoms with Gasteiger partial charge in [-0.2, -0.15) is 10.5 Å². The van der Waals surface area contributed by atoms with Gasteiger partial charge in [-0.05, 0) is 67.8 Å². The number of amides is 2. The predicted molar refractivity (Wildman–Crippen MR) is 129 cm³/mol. The average Bonchev–Trinajstić information content (AvgIpc) is 2.93. The van der Waals surface area contributed by atoms with Crippen molar-refractivity contribution in [2.75, 3.05) is 19.8 Å². The van der Waals surface area contributed by atoms with Gasteiger partial charge < -0.3 is 25.2 Å². The highest BCUT2D eigenvalue weighted by Crippen LogP contribution is 2.07. The number of nitrogens with zero attached hydrogens (tertiary/aromatic N) is 2. The van der Waals surface area contributed by atoms with E-state index in [0.717, 1.165) is 0 Å². The van der Waals surface area contributed by atoms with E-state index in [4.69, 9.17) is 20.0 Å². The van der Waals surface area contributed by atoms with Gasteiger partial charge in [-0.1, -0.05) is 0 Å². The summed E-state index contributed by atoms with van der Waals surface area (Å²) in [6.45, 7) is -0.997. The molecule has 0 heterocycles. The maximum absolute atomic E-state index is 12.0. The summed E-state index contributed by atoms with van der Waals surface area (Å²) in [6, 6.07) is 13.9. The molecular formula is C26H24N4O8. The van der Waals surface area contributed by atoms with Gasteiger partial charge in [0, 0.05) is 6.54 Å². The first-order chi connectivity index (χ1) is 18.2. The molecule has 2 aromatic rings. The summed E-state index contributed by atoms with van der Waals surface area (Å²) in [5.41, 5.74) is 1.07. The van der Waals surface area contributed by atoms with Crippen molar-refractivity contribution >= 4 is 29.7 Å². The van der Waals surface area contributed by atoms with Crippen molar-refractivity contribution in [2.45, 2.75) is 25.3 Å². The van der Waals surface area contributed by atoms with E-state index in [9.17, 15) is 29.1 Å². The number of unbranched alkanes of at least 4 members (excludes halogenated alkanes) is 1. The van der Waals surface area contributed by atoms with E-state index < -0.39 is 49.0 Å². The number of aliphatic carboxylic acids is 1. The minimum atomic E-state index is -1.27. The molecule has 12 nitrogen and oxygen atoms in total. The molecule has 1 atom stereocenters. The minimum absolute atomic E-state index is 0.0637. The fraction of sp³-hybridized carbons (Fsp3) is 0.269. The number of carbonyl (C=O) groups is 5. The summed E-state index contributed by atoms with van der Waals surface area (Å²) in [5.74, 6) is -4.12. The third-order valence-electron chi connectivity index (χ3n) is 5.04. The van der Waals surface area contributed by atoms with Gasteiger partial charge >= 0.3 is 17.9 Å². The van der Waals surface area contributed by atoms with Crippen LogP contribution in [0.2, 0.25) is 0 Å². The van der Waals surface area contributed by atoms with E-state index in [-0.39, 0.29) is 24.1 Å². The number of nitrogens with one attached hydrogen (secondary N) is 2. The highest BCUT2D eigenvalue weighted by Gasteiger charge is 2.20. The standard InChI is InChI=1S/C26H24N4O8/c27-13-17-4-8-19(9-5-17)25(35)37-15-22(31)29-12-2-1-3-21(24(33)34)30-23(32)16-38-26(36)20-10-6-18(14-28)7-11-20/h4-11,21H,1-3,12,15-16H2,(H,29,31)(H,30,32)(H,33,34). The SMILES string of the molecule is N#Cc1ccc(C(=O)OCC(=O)NCCCCC(NC(=O)COC(=O)c2ccc(C#N)cc2)C(=O)O)cc1. The molecule has 12 heteroatoms. The first-order valence-electron chi connectivity index (χ1n) is 11.4. The van der Waals surface area contributed by atoms with E-state index in [2.05, 4.69) is 10.6 Å². The maximum Gasteiger partial charge on any atom is 0.338 e. The number of hydrogen-bond donors (Lipinski definition) is 3. The van der Waals surface area contributed by atoms with Crippen molar-refractivity contribution in [1.82, 2.24) is 10.6 Å². The van der Waals surface area contributed by atoms with E-state index in [1.807, 2.05) is 12.1 Å². The minimum Gasteiger partial charge on any atom is -0.480 e. The Kier molecular flexibility index (Phi) is 11.5. The molecule has 2 aromatic carbocycles. The molecule has 0 radical (unpaired) electrons. The van der Waals surface area contributed by atoms with Crippen LogP contribution >= 0.6 is 0 Å². The second-order valence-corrected chi connectivity index (χ2v) is 7.83. The number of esters is 2. The van der Waals surface area contributed by atoms with Crippen molar-refractivity contribution < 1.29 is 38.6 Å². The summed E-state index contributed by atoms with van der Waals surface area (Å²) in [5, 5.41) is 31.7. The fourth-order valence-electron chi connectivity index (χ4n) is 3.04. The van der Waals surface area contributed by atoms with Crippen molar-refractivity contribution in [3.05, 3.63) is 70.8 Å². The molecule has 2 amide bonds. The predicted octanol–water partition coefficient (Wildman–Crippen LogP) is 1.30. The number of ether oxygens (including phenoxy) is 2. The van der Waals surface area contributed by atoms with Crippen LogP contribution in [0.1, 0.15) is 51.1 Å². The first kappa shape index (κ1) is 29.0. The normalized spacial score (nSPS) is 10.7. The number of carbonyl (C=O) groups excluding carboxylic acids is 4. The Morgan fingerprint density at radius 3 is 1.68 bits per heavy atom. The number of carboxylic acid groups (broad SMARTS) is 1. The molecule has 0 saturated heterocycles. The van der Waals surface area contributed by atoms with Crippen LogP contribution in [0.4, 0.5) is 0 Å². The summed E-state index contributed by atoms with van der Waals surface area (Å²) in [4.78, 5) is 59.2. The zero-order valence-electron chi connectivity index (χ0n) is 20.1. The summed E-state index contributed by atoms with van der Waals surface area (Å²) in [7, 11) is 0. The molecule has 0 aliphatic carbocycles. The lowest BCUT2D eigenvalue weighted by atomic mass is 10.1. The Bertz CT molecular complexity index is 1240. The maximum atomic E-state index is 12.0. The second-order valence-electron chi connectivity index (χ2n) is 7.83. The van der Waals surface area contributed by atoms with Crippen LogP contribution in [-0.4, -0.2) is 60.6 Å². The number of benzene rings is 2. The van der Waals surface area contributed by atoms with Crippen molar-refractivity contribution in [2.24, 2.45) is 0 Å². The highest BCUT2D eigenvalue weighted by molar-refractivity contribution is 5.92. The van der Waals surface area contributed by atoms with Crippen LogP contribution in [0.3, 0.4) is 0 Å². The Labute approximate surface area is 217 Å². The molecule has 0 spiro atoms. The largest absolute Gasteiger partial charge is 0.480 e. The van der Waals surface area contributed by atoms with Gasteiger partial charge in [0.05, 0.1) is 34.4 Å². The number of nitriles is 2. The Hall–Kier alpha value is -5.23. The Morgan fingerprint density at radius 2 is 1.24 bits per heavy atom. The van der Waals surface area contributed by atoms with Gasteiger partial charge in [0.1, 0.15) is 6.04 Å². The Morgan fingerprint density at radius 1 is 0.763 bits per heavy atom. The topological polar surface area (TPSA) is 196 Å². The van der Waals surface area contributed by atoms with E-state index in [1.54, 1.807) is 0 Å². The van der Waals surface area contributed by atoms with Crippen molar-refractivity contribution in [1.29, 1.82) is 10.5 Å². The molecule has 0 fully saturated rings. The third kappa shape index (κ3) is 9.79. The second kappa shape index (κ2) is 15.0. The Balaban J connectivity index is 1.64. The fourth-order valence-corrected chi connectivity index (χ4v) is 3.04. The van der Waals surface area contributed by atoms with E-state index in [1.165, 1.54) is 48.5 Å². The summed E-state index contributed by atoms with van der Waals surface area (Å²) >= 11 is 0. The lowest BCUT2D eigenvalue weighted by molar-refractivity contribution is -0.142. The summed E-state index contributed by atoms with van der Waals surface area (Å²) in [6.07, 6.45) is 0.796. The number of carboxylic acids is 1. The van der Waals surface area contributed by atoms with Crippen LogP contribution in [0.5, 0.6) is 0 Å². The van der Waals surface area contributed by atoms with Crippen LogP contribution in [-0.2, 0) is 23.9 Å². The average molecular weight is 520 g/mol. The molecule has 3 N–H and O–H groups in total. The van der Waals surface area contributed by atoms with Crippen molar-refractivity contribution in [3.8, 4) is 12.1 Å². The molecule has 0 aliphatic rings.